The molecule has 6 heteroatoms. The van der Waals surface area contributed by atoms with Gasteiger partial charge in [0.2, 0.25) is 5.91 Å². The van der Waals surface area contributed by atoms with E-state index >= 15 is 0 Å². The molecule has 0 aliphatic heterocycles. The number of hydrogen-bond acceptors (Lipinski definition) is 4. The maximum atomic E-state index is 12.3. The number of likely N-dealkylation sites (N-methyl/N-ethyl adjacent to an activating group) is 1. The third-order valence-corrected chi connectivity index (χ3v) is 4.57. The molecule has 0 bridgehead atoms. The largest absolute Gasteiger partial charge is 0.352 e. The number of aromatic nitrogens is 3. The zero-order chi connectivity index (χ0) is 15.4. The second-order valence-corrected chi connectivity index (χ2v) is 6.16. The Bertz CT molecular complexity index is 478. The van der Waals surface area contributed by atoms with E-state index in [1.54, 1.807) is 0 Å². The highest BCUT2D eigenvalue weighted by Gasteiger charge is 2.23. The lowest BCUT2D eigenvalue weighted by molar-refractivity contribution is -0.126. The van der Waals surface area contributed by atoms with Gasteiger partial charge < -0.3 is 9.88 Å². The van der Waals surface area contributed by atoms with Gasteiger partial charge in [-0.3, -0.25) is 9.69 Å². The van der Waals surface area contributed by atoms with Gasteiger partial charge in [-0.05, 0) is 33.7 Å². The highest BCUT2D eigenvalue weighted by atomic mass is 16.2. The summed E-state index contributed by atoms with van der Waals surface area (Å²) in [5.74, 6) is 1.88. The summed E-state index contributed by atoms with van der Waals surface area (Å²) in [7, 11) is 3.90. The van der Waals surface area contributed by atoms with Crippen molar-refractivity contribution in [2.75, 3.05) is 7.05 Å². The van der Waals surface area contributed by atoms with Crippen LogP contribution in [0.4, 0.5) is 0 Å². The normalized spacial score (nSPS) is 18.0. The molecule has 1 atom stereocenters. The molecule has 21 heavy (non-hydrogen) atoms. The molecule has 0 spiro atoms. The summed E-state index contributed by atoms with van der Waals surface area (Å²) in [6.45, 7) is 4.49. The van der Waals surface area contributed by atoms with Crippen molar-refractivity contribution in [3.63, 3.8) is 0 Å². The van der Waals surface area contributed by atoms with Crippen LogP contribution >= 0.6 is 0 Å². The Kier molecular flexibility index (Phi) is 5.33. The van der Waals surface area contributed by atoms with Crippen LogP contribution in [0.5, 0.6) is 0 Å². The Balaban J connectivity index is 1.87. The van der Waals surface area contributed by atoms with Crippen molar-refractivity contribution >= 4 is 5.91 Å². The summed E-state index contributed by atoms with van der Waals surface area (Å²) in [5.41, 5.74) is 0. The molecule has 1 aliphatic carbocycles. The number of aryl methyl sites for hydroxylation is 1. The maximum absolute atomic E-state index is 12.3. The molecule has 1 aromatic heterocycles. The average Bonchev–Trinajstić information content (AvgIpc) is 2.79. The lowest BCUT2D eigenvalue weighted by Crippen LogP contribution is -2.47. The SMILES string of the molecule is Cc1nnc(CN(C)C(C)C(=O)NC2CCCCC2)n1C. The van der Waals surface area contributed by atoms with Gasteiger partial charge in [-0.1, -0.05) is 19.3 Å². The first-order valence-corrected chi connectivity index (χ1v) is 7.84. The molecule has 118 valence electrons. The highest BCUT2D eigenvalue weighted by Crippen LogP contribution is 2.17. The molecule has 1 aliphatic rings. The van der Waals surface area contributed by atoms with E-state index in [2.05, 4.69) is 15.5 Å². The van der Waals surface area contributed by atoms with Crippen LogP contribution < -0.4 is 5.32 Å². The summed E-state index contributed by atoms with van der Waals surface area (Å²) in [6.07, 6.45) is 5.99. The molecule has 1 aromatic rings. The van der Waals surface area contributed by atoms with Crippen molar-refractivity contribution < 1.29 is 4.79 Å². The van der Waals surface area contributed by atoms with Crippen molar-refractivity contribution in [1.82, 2.24) is 25.0 Å². The van der Waals surface area contributed by atoms with Gasteiger partial charge in [0.1, 0.15) is 11.6 Å². The van der Waals surface area contributed by atoms with E-state index in [0.29, 0.717) is 12.6 Å². The molecule has 1 fully saturated rings. The summed E-state index contributed by atoms with van der Waals surface area (Å²) in [4.78, 5) is 14.4. The first-order valence-electron chi connectivity index (χ1n) is 7.84. The second-order valence-electron chi connectivity index (χ2n) is 6.16. The van der Waals surface area contributed by atoms with Gasteiger partial charge in [-0.25, -0.2) is 0 Å². The number of carbonyl (C=O) groups is 1. The van der Waals surface area contributed by atoms with Crippen LogP contribution in [0.3, 0.4) is 0 Å². The molecule has 0 radical (unpaired) electrons. The Hall–Kier alpha value is -1.43. The molecule has 6 nitrogen and oxygen atoms in total. The molecule has 0 aromatic carbocycles. The quantitative estimate of drug-likeness (QED) is 0.891. The highest BCUT2D eigenvalue weighted by molar-refractivity contribution is 5.81. The van der Waals surface area contributed by atoms with Crippen molar-refractivity contribution in [2.45, 2.75) is 64.6 Å². The van der Waals surface area contributed by atoms with E-state index in [9.17, 15) is 4.79 Å². The molecule has 1 unspecified atom stereocenters. The molecular formula is C15H27N5O. The summed E-state index contributed by atoms with van der Waals surface area (Å²) < 4.78 is 1.96. The summed E-state index contributed by atoms with van der Waals surface area (Å²) in [6, 6.07) is 0.197. The smallest absolute Gasteiger partial charge is 0.237 e. The van der Waals surface area contributed by atoms with Gasteiger partial charge >= 0.3 is 0 Å². The van der Waals surface area contributed by atoms with E-state index in [4.69, 9.17) is 0 Å². The average molecular weight is 293 g/mol. The van der Waals surface area contributed by atoms with Gasteiger partial charge in [0, 0.05) is 13.1 Å². The molecule has 1 N–H and O–H groups in total. The molecule has 2 rings (SSSR count). The van der Waals surface area contributed by atoms with Crippen LogP contribution in [0.2, 0.25) is 0 Å². The zero-order valence-corrected chi connectivity index (χ0v) is 13.6. The first kappa shape index (κ1) is 15.9. The zero-order valence-electron chi connectivity index (χ0n) is 13.6. The lowest BCUT2D eigenvalue weighted by atomic mass is 9.95. The predicted octanol–water partition coefficient (Wildman–Crippen LogP) is 1.39. The number of nitrogens with zero attached hydrogens (tertiary/aromatic N) is 4. The fourth-order valence-corrected chi connectivity index (χ4v) is 2.72. The van der Waals surface area contributed by atoms with Crippen LogP contribution in [0.15, 0.2) is 0 Å². The van der Waals surface area contributed by atoms with Gasteiger partial charge in [0.25, 0.3) is 0 Å². The first-order chi connectivity index (χ1) is 9.99. The Morgan fingerprint density at radius 1 is 1.38 bits per heavy atom. The van der Waals surface area contributed by atoms with E-state index in [0.717, 1.165) is 24.5 Å². The molecule has 0 saturated heterocycles. The van der Waals surface area contributed by atoms with Crippen molar-refractivity contribution in [1.29, 1.82) is 0 Å². The van der Waals surface area contributed by atoms with Crippen LogP contribution in [-0.4, -0.2) is 44.7 Å². The molecule has 1 saturated carbocycles. The third-order valence-electron chi connectivity index (χ3n) is 4.57. The minimum Gasteiger partial charge on any atom is -0.352 e. The molecule has 1 amide bonds. The molecule has 1 heterocycles. The van der Waals surface area contributed by atoms with Gasteiger partial charge in [-0.15, -0.1) is 10.2 Å². The number of rotatable bonds is 5. The maximum Gasteiger partial charge on any atom is 0.237 e. The molecular weight excluding hydrogens is 266 g/mol. The Morgan fingerprint density at radius 2 is 2.05 bits per heavy atom. The van der Waals surface area contributed by atoms with Crippen molar-refractivity contribution in [3.8, 4) is 0 Å². The number of amides is 1. The van der Waals surface area contributed by atoms with Crippen LogP contribution in [0, 0.1) is 6.92 Å². The third kappa shape index (κ3) is 4.03. The number of nitrogens with one attached hydrogen (secondary N) is 1. The Morgan fingerprint density at radius 3 is 2.62 bits per heavy atom. The summed E-state index contributed by atoms with van der Waals surface area (Å²) >= 11 is 0. The predicted molar refractivity (Wildman–Crippen MR) is 81.7 cm³/mol. The minimum atomic E-state index is -0.163. The second kappa shape index (κ2) is 7.02. The fraction of sp³-hybridized carbons (Fsp3) is 0.800. The van der Waals surface area contributed by atoms with Crippen LogP contribution in [-0.2, 0) is 18.4 Å². The van der Waals surface area contributed by atoms with Crippen molar-refractivity contribution in [2.24, 2.45) is 7.05 Å². The topological polar surface area (TPSA) is 63.1 Å². The van der Waals surface area contributed by atoms with E-state index in [1.807, 2.05) is 37.4 Å². The van der Waals surface area contributed by atoms with Crippen molar-refractivity contribution in [3.05, 3.63) is 11.6 Å². The van der Waals surface area contributed by atoms with Crippen LogP contribution in [0.25, 0.3) is 0 Å². The number of carbonyl (C=O) groups excluding carboxylic acids is 1. The Labute approximate surface area is 126 Å². The van der Waals surface area contributed by atoms with Gasteiger partial charge in [-0.2, -0.15) is 0 Å². The van der Waals surface area contributed by atoms with E-state index in [-0.39, 0.29) is 11.9 Å². The minimum absolute atomic E-state index is 0.114. The van der Waals surface area contributed by atoms with Gasteiger partial charge in [0.15, 0.2) is 0 Å². The fourth-order valence-electron chi connectivity index (χ4n) is 2.72. The standard InChI is InChI=1S/C15H27N5O/c1-11(15(21)16-13-8-6-5-7-9-13)19(3)10-14-18-17-12(2)20(14)4/h11,13H,5-10H2,1-4H3,(H,16,21). The lowest BCUT2D eigenvalue weighted by Gasteiger charge is -2.28. The van der Waals surface area contributed by atoms with E-state index < -0.39 is 0 Å². The monoisotopic (exact) mass is 293 g/mol. The number of hydrogen-bond donors (Lipinski definition) is 1. The van der Waals surface area contributed by atoms with Crippen LogP contribution in [0.1, 0.15) is 50.7 Å². The van der Waals surface area contributed by atoms with E-state index in [1.165, 1.54) is 19.3 Å². The van der Waals surface area contributed by atoms with Gasteiger partial charge in [0.05, 0.1) is 12.6 Å². The summed E-state index contributed by atoms with van der Waals surface area (Å²) in [5, 5.41) is 11.4.